The number of carbonyl (C=O) groups is 3. The van der Waals surface area contributed by atoms with E-state index in [0.717, 1.165) is 5.56 Å². The first kappa shape index (κ1) is 16.7. The molecule has 1 heterocycles. The molecule has 0 atom stereocenters. The number of rotatable bonds is 7. The summed E-state index contributed by atoms with van der Waals surface area (Å²) in [5.41, 5.74) is 0.865. The first-order chi connectivity index (χ1) is 9.88. The second-order valence-electron chi connectivity index (χ2n) is 4.83. The van der Waals surface area contributed by atoms with Crippen LogP contribution in [0.4, 0.5) is 4.79 Å². The van der Waals surface area contributed by atoms with Gasteiger partial charge in [-0.1, -0.05) is 0 Å². The summed E-state index contributed by atoms with van der Waals surface area (Å²) in [7, 11) is 3.37. The minimum Gasteiger partial charge on any atom is -0.481 e. The Hall–Kier alpha value is -2.38. The first-order valence-corrected chi connectivity index (χ1v) is 6.62. The van der Waals surface area contributed by atoms with Gasteiger partial charge in [0.05, 0.1) is 12.7 Å². The van der Waals surface area contributed by atoms with Gasteiger partial charge in [-0.25, -0.2) is 4.79 Å². The second kappa shape index (κ2) is 8.03. The SMILES string of the molecule is CN(Cc1cnn(C)c1)C(=O)NC(=O)CCCCC(=O)O. The fourth-order valence-electron chi connectivity index (χ4n) is 1.74. The average Bonchev–Trinajstić information content (AvgIpc) is 2.79. The lowest BCUT2D eigenvalue weighted by molar-refractivity contribution is -0.137. The first-order valence-electron chi connectivity index (χ1n) is 6.62. The Kier molecular flexibility index (Phi) is 6.38. The molecule has 0 radical (unpaired) electrons. The Morgan fingerprint density at radius 3 is 2.57 bits per heavy atom. The van der Waals surface area contributed by atoms with E-state index in [9.17, 15) is 14.4 Å². The number of aliphatic carboxylic acids is 1. The number of urea groups is 1. The van der Waals surface area contributed by atoms with Crippen molar-refractivity contribution in [2.75, 3.05) is 7.05 Å². The van der Waals surface area contributed by atoms with Crippen LogP contribution in [-0.4, -0.2) is 44.7 Å². The number of imide groups is 1. The van der Waals surface area contributed by atoms with Gasteiger partial charge < -0.3 is 10.0 Å². The number of hydrogen-bond acceptors (Lipinski definition) is 4. The van der Waals surface area contributed by atoms with Crippen molar-refractivity contribution >= 4 is 17.9 Å². The minimum atomic E-state index is -0.886. The highest BCUT2D eigenvalue weighted by molar-refractivity contribution is 5.94. The quantitative estimate of drug-likeness (QED) is 0.722. The lowest BCUT2D eigenvalue weighted by atomic mass is 10.2. The smallest absolute Gasteiger partial charge is 0.324 e. The largest absolute Gasteiger partial charge is 0.481 e. The third-order valence-corrected chi connectivity index (χ3v) is 2.82. The Morgan fingerprint density at radius 1 is 1.33 bits per heavy atom. The molecule has 3 amide bonds. The molecule has 1 aromatic rings. The third kappa shape index (κ3) is 6.55. The predicted octanol–water partition coefficient (Wildman–Crippen LogP) is 0.733. The minimum absolute atomic E-state index is 0.0299. The van der Waals surface area contributed by atoms with E-state index < -0.39 is 17.9 Å². The second-order valence-corrected chi connectivity index (χ2v) is 4.83. The van der Waals surface area contributed by atoms with Crippen molar-refractivity contribution < 1.29 is 19.5 Å². The molecule has 1 aromatic heterocycles. The van der Waals surface area contributed by atoms with E-state index in [1.54, 1.807) is 31.2 Å². The van der Waals surface area contributed by atoms with Gasteiger partial charge in [-0.05, 0) is 12.8 Å². The van der Waals surface area contributed by atoms with Gasteiger partial charge in [0, 0.05) is 38.7 Å². The molecule has 0 aliphatic carbocycles. The number of carbonyl (C=O) groups excluding carboxylic acids is 2. The number of nitrogens with zero attached hydrogens (tertiary/aromatic N) is 3. The van der Waals surface area contributed by atoms with Crippen molar-refractivity contribution in [1.29, 1.82) is 0 Å². The summed E-state index contributed by atoms with van der Waals surface area (Å²) < 4.78 is 1.63. The predicted molar refractivity (Wildman–Crippen MR) is 74.3 cm³/mol. The van der Waals surface area contributed by atoms with Crippen LogP contribution in [0.2, 0.25) is 0 Å². The van der Waals surface area contributed by atoms with Crippen LogP contribution in [0.15, 0.2) is 12.4 Å². The van der Waals surface area contributed by atoms with Crippen molar-refractivity contribution in [1.82, 2.24) is 20.0 Å². The maximum absolute atomic E-state index is 11.8. The molecule has 116 valence electrons. The third-order valence-electron chi connectivity index (χ3n) is 2.82. The van der Waals surface area contributed by atoms with Crippen LogP contribution in [0.3, 0.4) is 0 Å². The lowest BCUT2D eigenvalue weighted by Crippen LogP contribution is -2.40. The van der Waals surface area contributed by atoms with Crippen molar-refractivity contribution in [2.24, 2.45) is 7.05 Å². The fourth-order valence-corrected chi connectivity index (χ4v) is 1.74. The van der Waals surface area contributed by atoms with E-state index in [2.05, 4.69) is 10.4 Å². The number of hydrogen-bond donors (Lipinski definition) is 2. The number of amides is 3. The molecule has 0 aliphatic heterocycles. The number of unbranched alkanes of at least 4 members (excludes halogenated alkanes) is 1. The van der Waals surface area contributed by atoms with Gasteiger partial charge in [-0.3, -0.25) is 19.6 Å². The van der Waals surface area contributed by atoms with Crippen LogP contribution in [0, 0.1) is 0 Å². The monoisotopic (exact) mass is 296 g/mol. The van der Waals surface area contributed by atoms with Crippen LogP contribution >= 0.6 is 0 Å². The topological polar surface area (TPSA) is 105 Å². The molecule has 8 nitrogen and oxygen atoms in total. The molecule has 0 saturated carbocycles. The zero-order valence-corrected chi connectivity index (χ0v) is 12.2. The van der Waals surface area contributed by atoms with E-state index in [-0.39, 0.29) is 12.8 Å². The summed E-state index contributed by atoms with van der Waals surface area (Å²) in [5.74, 6) is -1.29. The standard InChI is InChI=1S/C13H20N4O4/c1-16(8-10-7-14-17(2)9-10)13(21)15-11(18)5-3-4-6-12(19)20/h7,9H,3-6,8H2,1-2H3,(H,19,20)(H,15,18,21). The number of aryl methyl sites for hydroxylation is 1. The van der Waals surface area contributed by atoms with E-state index in [1.807, 2.05) is 0 Å². The van der Waals surface area contributed by atoms with Crippen molar-refractivity contribution in [3.05, 3.63) is 18.0 Å². The maximum Gasteiger partial charge on any atom is 0.324 e. The summed E-state index contributed by atoms with van der Waals surface area (Å²) in [6, 6.07) is -0.484. The highest BCUT2D eigenvalue weighted by Crippen LogP contribution is 2.02. The Labute approximate surface area is 122 Å². The summed E-state index contributed by atoms with van der Waals surface area (Å²) in [6.45, 7) is 0.353. The summed E-state index contributed by atoms with van der Waals surface area (Å²) in [4.78, 5) is 35.0. The number of carboxylic acids is 1. The van der Waals surface area contributed by atoms with Crippen LogP contribution in [0.5, 0.6) is 0 Å². The molecule has 8 heteroatoms. The molecule has 0 fully saturated rings. The Morgan fingerprint density at radius 2 is 2.00 bits per heavy atom. The molecule has 21 heavy (non-hydrogen) atoms. The molecular formula is C13H20N4O4. The molecule has 2 N–H and O–H groups in total. The number of aromatic nitrogens is 2. The van der Waals surface area contributed by atoms with Gasteiger partial charge in [-0.2, -0.15) is 5.10 Å². The average molecular weight is 296 g/mol. The normalized spacial score (nSPS) is 10.2. The molecule has 0 aliphatic rings. The van der Waals surface area contributed by atoms with E-state index in [4.69, 9.17) is 5.11 Å². The van der Waals surface area contributed by atoms with Crippen molar-refractivity contribution in [3.63, 3.8) is 0 Å². The van der Waals surface area contributed by atoms with E-state index >= 15 is 0 Å². The van der Waals surface area contributed by atoms with Gasteiger partial charge in [-0.15, -0.1) is 0 Å². The molecule has 0 bridgehead atoms. The molecular weight excluding hydrogens is 276 g/mol. The van der Waals surface area contributed by atoms with Gasteiger partial charge in [0.1, 0.15) is 0 Å². The van der Waals surface area contributed by atoms with Crippen LogP contribution < -0.4 is 5.32 Å². The molecule has 0 aromatic carbocycles. The molecule has 0 spiro atoms. The highest BCUT2D eigenvalue weighted by Gasteiger charge is 2.13. The molecule has 0 saturated heterocycles. The van der Waals surface area contributed by atoms with E-state index in [1.165, 1.54) is 4.90 Å². The fraction of sp³-hybridized carbons (Fsp3) is 0.538. The van der Waals surface area contributed by atoms with Crippen LogP contribution in [0.1, 0.15) is 31.2 Å². The van der Waals surface area contributed by atoms with Crippen LogP contribution in [0.25, 0.3) is 0 Å². The summed E-state index contributed by atoms with van der Waals surface area (Å²) >= 11 is 0. The molecule has 0 unspecified atom stereocenters. The van der Waals surface area contributed by atoms with Gasteiger partial charge >= 0.3 is 12.0 Å². The molecule has 1 rings (SSSR count). The van der Waals surface area contributed by atoms with Gasteiger partial charge in [0.15, 0.2) is 0 Å². The zero-order valence-electron chi connectivity index (χ0n) is 12.2. The maximum atomic E-state index is 11.8. The van der Waals surface area contributed by atoms with Gasteiger partial charge in [0.25, 0.3) is 0 Å². The Bertz CT molecular complexity index is 512. The highest BCUT2D eigenvalue weighted by atomic mass is 16.4. The van der Waals surface area contributed by atoms with Crippen molar-refractivity contribution in [3.8, 4) is 0 Å². The Balaban J connectivity index is 2.28. The van der Waals surface area contributed by atoms with Crippen LogP contribution in [-0.2, 0) is 23.2 Å². The summed E-state index contributed by atoms with van der Waals surface area (Å²) in [6.07, 6.45) is 4.47. The lowest BCUT2D eigenvalue weighted by Gasteiger charge is -2.16. The number of nitrogens with one attached hydrogen (secondary N) is 1. The van der Waals surface area contributed by atoms with E-state index in [0.29, 0.717) is 19.4 Å². The van der Waals surface area contributed by atoms with Crippen molar-refractivity contribution in [2.45, 2.75) is 32.2 Å². The van der Waals surface area contributed by atoms with Gasteiger partial charge in [0.2, 0.25) is 5.91 Å². The summed E-state index contributed by atoms with van der Waals surface area (Å²) in [5, 5.41) is 14.7. The zero-order chi connectivity index (χ0) is 15.8. The number of carboxylic acid groups (broad SMARTS) is 1.